The van der Waals surface area contributed by atoms with Crippen molar-refractivity contribution >= 4 is 26.5 Å². The Morgan fingerprint density at radius 1 is 1.22 bits per heavy atom. The van der Waals surface area contributed by atoms with E-state index < -0.39 is 33.9 Å². The number of alkyl halides is 3. The molecule has 1 aromatic carbocycles. The number of rotatable bonds is 5. The second kappa shape index (κ2) is 8.82. The summed E-state index contributed by atoms with van der Waals surface area (Å²) >= 11 is 0. The van der Waals surface area contributed by atoms with Gasteiger partial charge in [-0.15, -0.1) is 0 Å². The average molecular weight is 478 g/mol. The van der Waals surface area contributed by atoms with Crippen molar-refractivity contribution in [2.24, 2.45) is 0 Å². The lowest BCUT2D eigenvalue weighted by molar-refractivity contribution is -0.137. The van der Waals surface area contributed by atoms with Crippen LogP contribution in [0.2, 0.25) is 0 Å². The largest absolute Gasteiger partial charge is 0.455 e. The summed E-state index contributed by atoms with van der Waals surface area (Å²) in [5.41, 5.74) is -0.104. The van der Waals surface area contributed by atoms with Gasteiger partial charge >= 0.3 is 6.18 Å². The maximum atomic E-state index is 13.3. The number of aliphatic hydroxyl groups is 1. The summed E-state index contributed by atoms with van der Waals surface area (Å²) in [6, 6.07) is 3.26. The number of sulfone groups is 1. The summed E-state index contributed by atoms with van der Waals surface area (Å²) in [7, 11) is -3.18. The third kappa shape index (κ3) is 5.20. The van der Waals surface area contributed by atoms with E-state index in [1.165, 1.54) is 6.07 Å². The molecule has 0 radical (unpaired) electrons. The lowest BCUT2D eigenvalue weighted by atomic mass is 10.1. The van der Waals surface area contributed by atoms with Crippen LogP contribution in [0, 0.1) is 0 Å². The molecule has 1 fully saturated rings. The lowest BCUT2D eigenvalue weighted by Crippen LogP contribution is -2.41. The monoisotopic (exact) mass is 478 g/mol. The zero-order valence-corrected chi connectivity index (χ0v) is 18.2. The van der Waals surface area contributed by atoms with Crippen molar-refractivity contribution < 1.29 is 40.6 Å². The SMILES string of the molecule is CS(=O)(=O)CC1COC(CCN2CCNC(O)c3oc4ccc(C(F)(F)F)cc4c32)CO1. The van der Waals surface area contributed by atoms with E-state index in [2.05, 4.69) is 5.32 Å². The Kier molecular flexibility index (Phi) is 6.43. The van der Waals surface area contributed by atoms with E-state index in [4.69, 9.17) is 13.9 Å². The molecular formula is C20H25F3N2O6S. The lowest BCUT2D eigenvalue weighted by Gasteiger charge is -2.31. The van der Waals surface area contributed by atoms with Crippen molar-refractivity contribution in [3.8, 4) is 0 Å². The zero-order chi connectivity index (χ0) is 23.1. The third-order valence-corrected chi connectivity index (χ3v) is 6.52. The molecule has 0 aliphatic carbocycles. The van der Waals surface area contributed by atoms with Gasteiger partial charge in [0, 0.05) is 31.3 Å². The number of furan rings is 1. The van der Waals surface area contributed by atoms with Crippen molar-refractivity contribution in [3.63, 3.8) is 0 Å². The number of hydrogen-bond donors (Lipinski definition) is 2. The van der Waals surface area contributed by atoms with Gasteiger partial charge in [-0.3, -0.25) is 5.32 Å². The van der Waals surface area contributed by atoms with E-state index in [1.54, 1.807) is 0 Å². The second-order valence-corrected chi connectivity index (χ2v) is 10.3. The minimum atomic E-state index is -4.50. The highest BCUT2D eigenvalue weighted by Gasteiger charge is 2.34. The van der Waals surface area contributed by atoms with Crippen LogP contribution in [0.1, 0.15) is 24.0 Å². The Hall–Kier alpha value is -1.86. The molecule has 0 spiro atoms. The maximum absolute atomic E-state index is 13.3. The van der Waals surface area contributed by atoms with Crippen molar-refractivity contribution in [3.05, 3.63) is 29.5 Å². The van der Waals surface area contributed by atoms with Crippen molar-refractivity contribution in [1.82, 2.24) is 5.32 Å². The molecule has 2 N–H and O–H groups in total. The highest BCUT2D eigenvalue weighted by Crippen LogP contribution is 2.41. The van der Waals surface area contributed by atoms with Gasteiger partial charge in [0.2, 0.25) is 0 Å². The molecule has 32 heavy (non-hydrogen) atoms. The Balaban J connectivity index is 1.51. The number of aliphatic hydroxyl groups excluding tert-OH is 1. The van der Waals surface area contributed by atoms with Crippen molar-refractivity contribution in [2.75, 3.05) is 49.8 Å². The smallest absolute Gasteiger partial charge is 0.416 e. The molecule has 1 saturated heterocycles. The molecule has 0 saturated carbocycles. The quantitative estimate of drug-likeness (QED) is 0.674. The van der Waals surface area contributed by atoms with Crippen LogP contribution in [0.5, 0.6) is 0 Å². The first-order valence-electron chi connectivity index (χ1n) is 10.2. The molecular weight excluding hydrogens is 453 g/mol. The highest BCUT2D eigenvalue weighted by molar-refractivity contribution is 7.90. The van der Waals surface area contributed by atoms with E-state index in [0.29, 0.717) is 31.7 Å². The molecule has 3 unspecified atom stereocenters. The van der Waals surface area contributed by atoms with E-state index in [-0.39, 0.29) is 41.8 Å². The molecule has 4 rings (SSSR count). The van der Waals surface area contributed by atoms with Gasteiger partial charge in [-0.25, -0.2) is 8.42 Å². The standard InChI is InChI=1S/C20H25F3N2O6S/c1-32(27,28)11-14-10-29-13(9-30-14)4-6-25-7-5-24-19(26)18-17(25)15-8-12(20(21,22)23)2-3-16(15)31-18/h2-3,8,13-14,19,24,26H,4-7,9-11H2,1H3. The summed E-state index contributed by atoms with van der Waals surface area (Å²) in [6.07, 6.45) is -4.78. The molecule has 1 aromatic heterocycles. The Morgan fingerprint density at radius 2 is 1.94 bits per heavy atom. The molecule has 12 heteroatoms. The number of fused-ring (bicyclic) bond motifs is 3. The number of anilines is 1. The predicted molar refractivity (Wildman–Crippen MR) is 110 cm³/mol. The van der Waals surface area contributed by atoms with Gasteiger partial charge in [0.25, 0.3) is 0 Å². The number of benzene rings is 1. The average Bonchev–Trinajstić information content (AvgIpc) is 3.01. The first-order valence-corrected chi connectivity index (χ1v) is 12.3. The number of halogens is 3. The zero-order valence-electron chi connectivity index (χ0n) is 17.4. The summed E-state index contributed by atoms with van der Waals surface area (Å²) in [5.74, 6) is 0.0623. The van der Waals surface area contributed by atoms with Crippen LogP contribution >= 0.6 is 0 Å². The number of hydrogen-bond acceptors (Lipinski definition) is 8. The molecule has 0 amide bonds. The van der Waals surface area contributed by atoms with E-state index >= 15 is 0 Å². The van der Waals surface area contributed by atoms with Crippen molar-refractivity contribution in [1.29, 1.82) is 0 Å². The summed E-state index contributed by atoms with van der Waals surface area (Å²) in [6.45, 7) is 1.67. The van der Waals surface area contributed by atoms with E-state index in [9.17, 15) is 26.7 Å². The number of nitrogens with one attached hydrogen (secondary N) is 1. The Morgan fingerprint density at radius 3 is 2.59 bits per heavy atom. The fourth-order valence-electron chi connectivity index (χ4n) is 4.04. The van der Waals surface area contributed by atoms with Crippen LogP contribution in [-0.4, -0.2) is 70.6 Å². The Bertz CT molecular complexity index is 1060. The molecule has 3 heterocycles. The summed E-state index contributed by atoms with van der Waals surface area (Å²) < 4.78 is 79.7. The fourth-order valence-corrected chi connectivity index (χ4v) is 4.91. The van der Waals surface area contributed by atoms with Gasteiger partial charge in [0.1, 0.15) is 15.4 Å². The highest BCUT2D eigenvalue weighted by atomic mass is 32.2. The first kappa shape index (κ1) is 23.3. The minimum Gasteiger partial charge on any atom is -0.455 e. The summed E-state index contributed by atoms with van der Waals surface area (Å²) in [4.78, 5) is 1.87. The molecule has 0 bridgehead atoms. The van der Waals surface area contributed by atoms with Crippen molar-refractivity contribution in [2.45, 2.75) is 31.0 Å². The minimum absolute atomic E-state index is 0.110. The predicted octanol–water partition coefficient (Wildman–Crippen LogP) is 2.07. The molecule has 178 valence electrons. The van der Waals surface area contributed by atoms with Gasteiger partial charge in [0.05, 0.1) is 42.4 Å². The normalized spacial score (nSPS) is 25.0. The Labute approximate surface area is 183 Å². The number of ether oxygens (including phenoxy) is 2. The molecule has 3 atom stereocenters. The van der Waals surface area contributed by atoms with Crippen LogP contribution in [0.15, 0.2) is 22.6 Å². The maximum Gasteiger partial charge on any atom is 0.416 e. The third-order valence-electron chi connectivity index (χ3n) is 5.54. The molecule has 2 aliphatic heterocycles. The second-order valence-electron chi connectivity index (χ2n) is 8.16. The topological polar surface area (TPSA) is 101 Å². The van der Waals surface area contributed by atoms with Crippen LogP contribution in [0.3, 0.4) is 0 Å². The van der Waals surface area contributed by atoms with Crippen LogP contribution in [0.25, 0.3) is 11.0 Å². The summed E-state index contributed by atoms with van der Waals surface area (Å²) in [5, 5.41) is 13.6. The van der Waals surface area contributed by atoms with E-state index in [0.717, 1.165) is 18.4 Å². The van der Waals surface area contributed by atoms with Gasteiger partial charge in [0.15, 0.2) is 12.0 Å². The molecule has 2 aliphatic rings. The molecule has 8 nitrogen and oxygen atoms in total. The van der Waals surface area contributed by atoms with Crippen LogP contribution < -0.4 is 10.2 Å². The van der Waals surface area contributed by atoms with Crippen LogP contribution in [-0.2, 0) is 25.5 Å². The van der Waals surface area contributed by atoms with Gasteiger partial charge < -0.3 is 23.9 Å². The molecule has 2 aromatic rings. The first-order chi connectivity index (χ1) is 15.0. The number of nitrogens with zero attached hydrogens (tertiary/aromatic N) is 1. The fraction of sp³-hybridized carbons (Fsp3) is 0.600. The van der Waals surface area contributed by atoms with Gasteiger partial charge in [-0.1, -0.05) is 0 Å². The van der Waals surface area contributed by atoms with Gasteiger partial charge in [-0.2, -0.15) is 13.2 Å². The van der Waals surface area contributed by atoms with E-state index in [1.807, 2.05) is 4.90 Å². The van der Waals surface area contributed by atoms with Crippen LogP contribution in [0.4, 0.5) is 18.9 Å². The van der Waals surface area contributed by atoms with Gasteiger partial charge in [-0.05, 0) is 24.6 Å².